The van der Waals surface area contributed by atoms with Crippen LogP contribution < -0.4 is 5.73 Å². The standard InChI is InChI=1S/C33H26F3NO7/c34-33(35,36)19-8-6-17(7-9-19)21-10-11-23(38)26-22(21)13-18-12-20-14-24(44-15-16-4-2-1-3-5-16)27(31(37)42)30(41)32(20,43)29(40)25(18)28(26)39/h1-11,18,20,38,40,43H,12-15H2,(H2,37,42)/t18-,20+,32+/m1/s1. The normalized spacial score (nSPS) is 23.2. The van der Waals surface area contributed by atoms with Gasteiger partial charge in [-0.3, -0.25) is 14.4 Å². The molecule has 3 aromatic rings. The lowest BCUT2D eigenvalue weighted by atomic mass is 9.60. The smallest absolute Gasteiger partial charge is 0.416 e. The Morgan fingerprint density at radius 3 is 2.30 bits per heavy atom. The molecule has 0 aromatic heterocycles. The van der Waals surface area contributed by atoms with Crippen LogP contribution >= 0.6 is 0 Å². The number of phenols is 1. The van der Waals surface area contributed by atoms with Gasteiger partial charge in [-0.15, -0.1) is 0 Å². The van der Waals surface area contributed by atoms with Crippen molar-refractivity contribution < 1.29 is 47.6 Å². The third-order valence-electron chi connectivity index (χ3n) is 8.71. The Hall–Kier alpha value is -4.90. The third kappa shape index (κ3) is 4.55. The van der Waals surface area contributed by atoms with Crippen LogP contribution in [0.5, 0.6) is 5.75 Å². The van der Waals surface area contributed by atoms with Crippen LogP contribution in [0.1, 0.15) is 39.9 Å². The predicted octanol–water partition coefficient (Wildman–Crippen LogP) is 4.93. The van der Waals surface area contributed by atoms with Gasteiger partial charge < -0.3 is 25.8 Å². The van der Waals surface area contributed by atoms with Crippen LogP contribution in [0.4, 0.5) is 13.2 Å². The zero-order chi connectivity index (χ0) is 31.6. The molecule has 0 radical (unpaired) electrons. The number of ether oxygens (including phenoxy) is 1. The summed E-state index contributed by atoms with van der Waals surface area (Å²) in [6, 6.07) is 16.0. The molecule has 0 heterocycles. The summed E-state index contributed by atoms with van der Waals surface area (Å²) >= 11 is 0. The summed E-state index contributed by atoms with van der Waals surface area (Å²) in [5.74, 6) is -6.30. The molecule has 0 aliphatic heterocycles. The Morgan fingerprint density at radius 1 is 0.977 bits per heavy atom. The number of ketones is 2. The summed E-state index contributed by atoms with van der Waals surface area (Å²) in [5.41, 5.74) is 2.87. The van der Waals surface area contributed by atoms with Gasteiger partial charge in [-0.2, -0.15) is 13.2 Å². The van der Waals surface area contributed by atoms with E-state index in [0.717, 1.165) is 17.7 Å². The highest BCUT2D eigenvalue weighted by molar-refractivity contribution is 6.24. The number of nitrogens with two attached hydrogens (primary N) is 1. The minimum Gasteiger partial charge on any atom is -0.508 e. The SMILES string of the molecule is NC(=O)C1=C(OCc2ccccc2)C[C@@H]2C[C@@H]3Cc4c(-c5ccc(C(F)(F)F)cc5)ccc(O)c4C(=O)C3=C(O)[C@]2(O)C1=O. The number of amides is 1. The molecule has 0 fully saturated rings. The van der Waals surface area contributed by atoms with E-state index in [0.29, 0.717) is 16.7 Å². The molecule has 5 N–H and O–H groups in total. The van der Waals surface area contributed by atoms with E-state index < -0.39 is 63.7 Å². The first-order valence-electron chi connectivity index (χ1n) is 13.8. The van der Waals surface area contributed by atoms with Crippen molar-refractivity contribution in [2.45, 2.75) is 37.6 Å². The molecule has 0 bridgehead atoms. The zero-order valence-corrected chi connectivity index (χ0v) is 23.0. The number of carbonyl (C=O) groups is 3. The van der Waals surface area contributed by atoms with Gasteiger partial charge in [-0.1, -0.05) is 48.5 Å². The van der Waals surface area contributed by atoms with E-state index in [1.54, 1.807) is 24.3 Å². The van der Waals surface area contributed by atoms with Crippen molar-refractivity contribution in [2.24, 2.45) is 17.6 Å². The number of carbonyl (C=O) groups excluding carboxylic acids is 3. The second-order valence-corrected chi connectivity index (χ2v) is 11.2. The number of aliphatic hydroxyl groups is 2. The van der Waals surface area contributed by atoms with Gasteiger partial charge in [0.2, 0.25) is 5.78 Å². The van der Waals surface area contributed by atoms with Gasteiger partial charge >= 0.3 is 6.18 Å². The second-order valence-electron chi connectivity index (χ2n) is 11.2. The fourth-order valence-electron chi connectivity index (χ4n) is 6.59. The van der Waals surface area contributed by atoms with E-state index in [4.69, 9.17) is 10.5 Å². The Kier molecular flexibility index (Phi) is 6.88. The topological polar surface area (TPSA) is 147 Å². The molecule has 3 atom stereocenters. The van der Waals surface area contributed by atoms with E-state index in [1.165, 1.54) is 24.3 Å². The van der Waals surface area contributed by atoms with Gasteiger partial charge in [0.25, 0.3) is 5.91 Å². The van der Waals surface area contributed by atoms with Crippen molar-refractivity contribution in [3.8, 4) is 16.9 Å². The van der Waals surface area contributed by atoms with Gasteiger partial charge in [0, 0.05) is 17.9 Å². The molecule has 44 heavy (non-hydrogen) atoms. The lowest BCUT2D eigenvalue weighted by Gasteiger charge is -2.46. The van der Waals surface area contributed by atoms with Crippen molar-refractivity contribution in [1.29, 1.82) is 0 Å². The highest BCUT2D eigenvalue weighted by atomic mass is 19.4. The van der Waals surface area contributed by atoms with Crippen LogP contribution in [0.2, 0.25) is 0 Å². The van der Waals surface area contributed by atoms with Crippen LogP contribution in [0.15, 0.2) is 89.4 Å². The maximum atomic E-state index is 13.8. The average molecular weight is 606 g/mol. The molecule has 3 aromatic carbocycles. The number of primary amides is 1. The fraction of sp³-hybridized carbons (Fsp3) is 0.242. The minimum absolute atomic E-state index is 0.00348. The number of allylic oxidation sites excluding steroid dienone is 2. The first-order valence-corrected chi connectivity index (χ1v) is 13.8. The molecule has 226 valence electrons. The maximum absolute atomic E-state index is 13.8. The van der Waals surface area contributed by atoms with Crippen LogP contribution in [0, 0.1) is 11.8 Å². The van der Waals surface area contributed by atoms with Crippen LogP contribution in [-0.4, -0.2) is 38.4 Å². The van der Waals surface area contributed by atoms with Crippen LogP contribution in [0.25, 0.3) is 11.1 Å². The molecule has 0 saturated heterocycles. The second kappa shape index (κ2) is 10.4. The highest BCUT2D eigenvalue weighted by Gasteiger charge is 2.60. The van der Waals surface area contributed by atoms with Crippen molar-refractivity contribution in [3.63, 3.8) is 0 Å². The zero-order valence-electron chi connectivity index (χ0n) is 23.0. The third-order valence-corrected chi connectivity index (χ3v) is 8.71. The molecule has 1 amide bonds. The molecule has 3 aliphatic rings. The maximum Gasteiger partial charge on any atom is 0.416 e. The Morgan fingerprint density at radius 2 is 1.66 bits per heavy atom. The number of rotatable bonds is 5. The highest BCUT2D eigenvalue weighted by Crippen LogP contribution is 2.52. The molecule has 11 heteroatoms. The van der Waals surface area contributed by atoms with Gasteiger partial charge in [0.1, 0.15) is 29.4 Å². The number of alkyl halides is 3. The number of aromatic hydroxyl groups is 1. The number of benzene rings is 3. The van der Waals surface area contributed by atoms with Crippen molar-refractivity contribution in [2.75, 3.05) is 0 Å². The Balaban J connectivity index is 1.41. The number of fused-ring (bicyclic) bond motifs is 3. The predicted molar refractivity (Wildman–Crippen MR) is 150 cm³/mol. The number of Topliss-reactive ketones (excluding diaryl/α,β-unsaturated/α-hetero) is 2. The van der Waals surface area contributed by atoms with Gasteiger partial charge in [0.05, 0.1) is 11.1 Å². The van der Waals surface area contributed by atoms with E-state index in [9.17, 15) is 42.9 Å². The number of hydrogen-bond donors (Lipinski definition) is 4. The first kappa shape index (κ1) is 29.2. The molecule has 0 unspecified atom stereocenters. The average Bonchev–Trinajstić information content (AvgIpc) is 2.98. The number of hydrogen-bond acceptors (Lipinski definition) is 7. The fourth-order valence-corrected chi connectivity index (χ4v) is 6.59. The largest absolute Gasteiger partial charge is 0.508 e. The molecular weight excluding hydrogens is 579 g/mol. The van der Waals surface area contributed by atoms with Gasteiger partial charge in [-0.25, -0.2) is 0 Å². The molecule has 0 saturated carbocycles. The quantitative estimate of drug-likeness (QED) is 0.302. The summed E-state index contributed by atoms with van der Waals surface area (Å²) in [4.78, 5) is 39.9. The van der Waals surface area contributed by atoms with Crippen molar-refractivity contribution >= 4 is 17.5 Å². The number of halogens is 3. The monoisotopic (exact) mass is 605 g/mol. The summed E-state index contributed by atoms with van der Waals surface area (Å²) in [6.07, 6.45) is -4.60. The summed E-state index contributed by atoms with van der Waals surface area (Å²) in [7, 11) is 0. The summed E-state index contributed by atoms with van der Waals surface area (Å²) in [6.45, 7) is 0.00348. The number of phenolic OH excluding ortho intramolecular Hbond substituents is 1. The summed E-state index contributed by atoms with van der Waals surface area (Å²) in [5, 5.41) is 33.8. The Labute approximate surface area is 248 Å². The summed E-state index contributed by atoms with van der Waals surface area (Å²) < 4.78 is 45.3. The molecule has 6 rings (SSSR count). The van der Waals surface area contributed by atoms with Crippen molar-refractivity contribution in [1.82, 2.24) is 0 Å². The van der Waals surface area contributed by atoms with E-state index >= 15 is 0 Å². The number of aliphatic hydroxyl groups excluding tert-OH is 1. The minimum atomic E-state index is -4.54. The van der Waals surface area contributed by atoms with Gasteiger partial charge in [0.15, 0.2) is 11.4 Å². The molecule has 8 nitrogen and oxygen atoms in total. The van der Waals surface area contributed by atoms with Crippen molar-refractivity contribution in [3.05, 3.63) is 112 Å². The van der Waals surface area contributed by atoms with Gasteiger partial charge in [-0.05, 0) is 59.2 Å². The molecular formula is C33H26F3NO7. The Bertz CT molecular complexity index is 1780. The van der Waals surface area contributed by atoms with E-state index in [1.807, 2.05) is 6.07 Å². The lowest BCUT2D eigenvalue weighted by molar-refractivity contribution is -0.145. The van der Waals surface area contributed by atoms with Crippen LogP contribution in [-0.2, 0) is 33.5 Å². The molecule has 3 aliphatic carbocycles. The lowest BCUT2D eigenvalue weighted by Crippen LogP contribution is -2.57. The first-order chi connectivity index (χ1) is 20.8. The molecule has 0 spiro atoms. The van der Waals surface area contributed by atoms with E-state index in [-0.39, 0.29) is 42.8 Å². The van der Waals surface area contributed by atoms with Crippen LogP contribution in [0.3, 0.4) is 0 Å². The van der Waals surface area contributed by atoms with E-state index in [2.05, 4.69) is 0 Å².